The molecule has 0 unspecified atom stereocenters. The molecule has 1 aliphatic rings. The third-order valence-electron chi connectivity index (χ3n) is 4.50. The molecule has 4 nitrogen and oxygen atoms in total. The quantitative estimate of drug-likeness (QED) is 0.439. The van der Waals surface area contributed by atoms with E-state index in [0.717, 1.165) is 31.9 Å². The molecule has 0 atom stereocenters. The Morgan fingerprint density at radius 2 is 1.84 bits per heavy atom. The van der Waals surface area contributed by atoms with Crippen molar-refractivity contribution in [1.29, 1.82) is 0 Å². The zero-order valence-corrected chi connectivity index (χ0v) is 17.5. The molecule has 2 aromatic rings. The van der Waals surface area contributed by atoms with Crippen LogP contribution in [0, 0.1) is 0 Å². The predicted octanol–water partition coefficient (Wildman–Crippen LogP) is 3.55. The van der Waals surface area contributed by atoms with Crippen molar-refractivity contribution in [3.05, 3.63) is 59.7 Å². The van der Waals surface area contributed by atoms with Gasteiger partial charge in [0.15, 0.2) is 5.96 Å². The number of rotatable bonds is 4. The van der Waals surface area contributed by atoms with Crippen molar-refractivity contribution in [2.75, 3.05) is 44.0 Å². The fourth-order valence-electron chi connectivity index (χ4n) is 3.13. The van der Waals surface area contributed by atoms with Crippen molar-refractivity contribution in [1.82, 2.24) is 5.32 Å². The minimum atomic E-state index is 0. The zero-order chi connectivity index (χ0) is 16.9. The SMILES string of the molecule is CN=C(NCCc1ccc(N(C)C)cc1)N1CCc2ccccc21.I. The van der Waals surface area contributed by atoms with E-state index in [9.17, 15) is 0 Å². The second-order valence-electron chi connectivity index (χ2n) is 6.32. The minimum absolute atomic E-state index is 0. The van der Waals surface area contributed by atoms with Crippen LogP contribution >= 0.6 is 24.0 Å². The van der Waals surface area contributed by atoms with Crippen molar-refractivity contribution in [2.24, 2.45) is 4.99 Å². The molecule has 25 heavy (non-hydrogen) atoms. The van der Waals surface area contributed by atoms with E-state index in [0.29, 0.717) is 0 Å². The van der Waals surface area contributed by atoms with Crippen LogP contribution in [-0.4, -0.2) is 40.2 Å². The van der Waals surface area contributed by atoms with Crippen LogP contribution in [0.3, 0.4) is 0 Å². The molecule has 0 fully saturated rings. The van der Waals surface area contributed by atoms with Crippen LogP contribution in [-0.2, 0) is 12.8 Å². The van der Waals surface area contributed by atoms with Gasteiger partial charge in [-0.15, -0.1) is 24.0 Å². The Labute approximate surface area is 168 Å². The Balaban J connectivity index is 0.00000225. The van der Waals surface area contributed by atoms with E-state index in [2.05, 4.69) is 82.7 Å². The molecule has 0 amide bonds. The number of anilines is 2. The fraction of sp³-hybridized carbons (Fsp3) is 0.350. The Bertz CT molecular complexity index is 710. The van der Waals surface area contributed by atoms with Crippen LogP contribution in [0.4, 0.5) is 11.4 Å². The van der Waals surface area contributed by atoms with Crippen LogP contribution < -0.4 is 15.1 Å². The highest BCUT2D eigenvalue weighted by Crippen LogP contribution is 2.27. The van der Waals surface area contributed by atoms with Gasteiger partial charge in [-0.3, -0.25) is 4.99 Å². The number of benzene rings is 2. The van der Waals surface area contributed by atoms with Crippen molar-refractivity contribution < 1.29 is 0 Å². The lowest BCUT2D eigenvalue weighted by Gasteiger charge is -2.22. The van der Waals surface area contributed by atoms with Crippen molar-refractivity contribution >= 4 is 41.3 Å². The molecule has 0 aliphatic carbocycles. The van der Waals surface area contributed by atoms with Crippen LogP contribution in [0.25, 0.3) is 0 Å². The molecule has 3 rings (SSSR count). The first kappa shape index (κ1) is 19.6. The van der Waals surface area contributed by atoms with Crippen molar-refractivity contribution in [3.8, 4) is 0 Å². The van der Waals surface area contributed by atoms with E-state index in [1.807, 2.05) is 7.05 Å². The summed E-state index contributed by atoms with van der Waals surface area (Å²) in [7, 11) is 5.98. The van der Waals surface area contributed by atoms with Crippen molar-refractivity contribution in [3.63, 3.8) is 0 Å². The van der Waals surface area contributed by atoms with Gasteiger partial charge in [0.2, 0.25) is 0 Å². The van der Waals surface area contributed by atoms with E-state index in [-0.39, 0.29) is 24.0 Å². The highest BCUT2D eigenvalue weighted by atomic mass is 127. The van der Waals surface area contributed by atoms with Gasteiger partial charge in [-0.2, -0.15) is 0 Å². The number of halogens is 1. The fourth-order valence-corrected chi connectivity index (χ4v) is 3.13. The molecule has 0 saturated carbocycles. The average Bonchev–Trinajstić information content (AvgIpc) is 3.03. The summed E-state index contributed by atoms with van der Waals surface area (Å²) in [4.78, 5) is 8.86. The summed E-state index contributed by atoms with van der Waals surface area (Å²) in [5.74, 6) is 0.963. The van der Waals surface area contributed by atoms with E-state index in [1.165, 1.54) is 22.5 Å². The first-order valence-corrected chi connectivity index (χ1v) is 8.51. The molecular formula is C20H27IN4. The number of para-hydroxylation sites is 1. The first-order valence-electron chi connectivity index (χ1n) is 8.51. The molecule has 5 heteroatoms. The number of nitrogens with zero attached hydrogens (tertiary/aromatic N) is 3. The van der Waals surface area contributed by atoms with Gasteiger partial charge in [-0.05, 0) is 42.2 Å². The molecule has 0 saturated heterocycles. The highest BCUT2D eigenvalue weighted by molar-refractivity contribution is 14.0. The second-order valence-corrected chi connectivity index (χ2v) is 6.32. The van der Waals surface area contributed by atoms with Gasteiger partial charge in [-0.1, -0.05) is 30.3 Å². The lowest BCUT2D eigenvalue weighted by atomic mass is 10.1. The lowest BCUT2D eigenvalue weighted by molar-refractivity contribution is 0.836. The van der Waals surface area contributed by atoms with E-state index < -0.39 is 0 Å². The van der Waals surface area contributed by atoms with E-state index in [4.69, 9.17) is 0 Å². The number of aliphatic imine (C=N–C) groups is 1. The smallest absolute Gasteiger partial charge is 0.198 e. The maximum absolute atomic E-state index is 4.46. The Kier molecular flexibility index (Phi) is 7.11. The molecule has 0 aromatic heterocycles. The van der Waals surface area contributed by atoms with Gasteiger partial charge in [0, 0.05) is 45.6 Å². The summed E-state index contributed by atoms with van der Waals surface area (Å²) in [6.07, 6.45) is 2.07. The maximum atomic E-state index is 4.46. The summed E-state index contributed by atoms with van der Waals surface area (Å²) in [6.45, 7) is 1.88. The molecule has 0 spiro atoms. The highest BCUT2D eigenvalue weighted by Gasteiger charge is 2.21. The van der Waals surface area contributed by atoms with Crippen LogP contribution in [0.15, 0.2) is 53.5 Å². The molecule has 1 N–H and O–H groups in total. The van der Waals surface area contributed by atoms with Gasteiger partial charge in [-0.25, -0.2) is 0 Å². The molecule has 1 aliphatic heterocycles. The normalized spacial score (nSPS) is 13.2. The maximum Gasteiger partial charge on any atom is 0.198 e. The Morgan fingerprint density at radius 3 is 2.52 bits per heavy atom. The monoisotopic (exact) mass is 450 g/mol. The summed E-state index contributed by atoms with van der Waals surface area (Å²) >= 11 is 0. The lowest BCUT2D eigenvalue weighted by Crippen LogP contribution is -2.41. The molecule has 134 valence electrons. The topological polar surface area (TPSA) is 30.9 Å². The average molecular weight is 450 g/mol. The van der Waals surface area contributed by atoms with Gasteiger partial charge < -0.3 is 15.1 Å². The van der Waals surface area contributed by atoms with Crippen molar-refractivity contribution in [2.45, 2.75) is 12.8 Å². The number of hydrogen-bond donors (Lipinski definition) is 1. The number of hydrogen-bond acceptors (Lipinski definition) is 2. The zero-order valence-electron chi connectivity index (χ0n) is 15.2. The van der Waals surface area contributed by atoms with Gasteiger partial charge >= 0.3 is 0 Å². The summed E-state index contributed by atoms with van der Waals surface area (Å²) in [5, 5.41) is 3.50. The molecule has 0 radical (unpaired) electrons. The van der Waals surface area contributed by atoms with E-state index >= 15 is 0 Å². The molecule has 0 bridgehead atoms. The summed E-state index contributed by atoms with van der Waals surface area (Å²) in [6, 6.07) is 17.3. The first-order chi connectivity index (χ1) is 11.7. The number of fused-ring (bicyclic) bond motifs is 1. The van der Waals surface area contributed by atoms with E-state index in [1.54, 1.807) is 0 Å². The third-order valence-corrected chi connectivity index (χ3v) is 4.50. The standard InChI is InChI=1S/C20H26N4.HI/c1-21-20(24-15-13-17-6-4-5-7-19(17)24)22-14-12-16-8-10-18(11-9-16)23(2)3;/h4-11H,12-15H2,1-3H3,(H,21,22);1H. The number of guanidine groups is 1. The van der Waals surface area contributed by atoms with Crippen LogP contribution in [0.1, 0.15) is 11.1 Å². The summed E-state index contributed by atoms with van der Waals surface area (Å²) in [5.41, 5.74) is 5.25. The summed E-state index contributed by atoms with van der Waals surface area (Å²) < 4.78 is 0. The number of nitrogens with one attached hydrogen (secondary N) is 1. The Morgan fingerprint density at radius 1 is 1.12 bits per heavy atom. The minimum Gasteiger partial charge on any atom is -0.378 e. The Hall–Kier alpha value is -1.76. The second kappa shape index (κ2) is 9.08. The third kappa shape index (κ3) is 4.66. The van der Waals surface area contributed by atoms with Gasteiger partial charge in [0.25, 0.3) is 0 Å². The predicted molar refractivity (Wildman–Crippen MR) is 119 cm³/mol. The molecular weight excluding hydrogens is 423 g/mol. The molecule has 1 heterocycles. The molecule has 2 aromatic carbocycles. The van der Waals surface area contributed by atoms with Gasteiger partial charge in [0.1, 0.15) is 0 Å². The van der Waals surface area contributed by atoms with Crippen LogP contribution in [0.5, 0.6) is 0 Å². The largest absolute Gasteiger partial charge is 0.378 e. The van der Waals surface area contributed by atoms with Gasteiger partial charge in [0.05, 0.1) is 0 Å². The van der Waals surface area contributed by atoms with Crippen LogP contribution in [0.2, 0.25) is 0 Å².